The van der Waals surface area contributed by atoms with Gasteiger partial charge in [0.05, 0.1) is 12.1 Å². The predicted molar refractivity (Wildman–Crippen MR) is 103 cm³/mol. The SMILES string of the molecule is C=CCOc1c(Cl)cc(CNC(C)c2ccccc2)cc1OC.Cl. The first-order valence-electron chi connectivity index (χ1n) is 7.54. The van der Waals surface area contributed by atoms with E-state index < -0.39 is 0 Å². The molecule has 2 rings (SSSR count). The average Bonchev–Trinajstić information content (AvgIpc) is 2.59. The smallest absolute Gasteiger partial charge is 0.180 e. The first kappa shape index (κ1) is 20.4. The highest BCUT2D eigenvalue weighted by Gasteiger charge is 2.12. The first-order chi connectivity index (χ1) is 11.2. The Morgan fingerprint density at radius 3 is 2.58 bits per heavy atom. The topological polar surface area (TPSA) is 30.5 Å². The largest absolute Gasteiger partial charge is 0.493 e. The predicted octanol–water partition coefficient (Wildman–Crippen LogP) is 5.19. The van der Waals surface area contributed by atoms with Crippen molar-refractivity contribution < 1.29 is 9.47 Å². The number of hydrogen-bond donors (Lipinski definition) is 1. The Bertz CT molecular complexity index is 647. The van der Waals surface area contributed by atoms with Crippen LogP contribution in [0, 0.1) is 0 Å². The molecule has 0 saturated carbocycles. The molecule has 1 N–H and O–H groups in total. The van der Waals surface area contributed by atoms with Gasteiger partial charge in [0, 0.05) is 12.6 Å². The van der Waals surface area contributed by atoms with Crippen molar-refractivity contribution in [2.24, 2.45) is 0 Å². The lowest BCUT2D eigenvalue weighted by molar-refractivity contribution is 0.326. The highest BCUT2D eigenvalue weighted by molar-refractivity contribution is 6.32. The molecule has 0 fully saturated rings. The van der Waals surface area contributed by atoms with Crippen molar-refractivity contribution >= 4 is 24.0 Å². The van der Waals surface area contributed by atoms with Gasteiger partial charge in [-0.15, -0.1) is 12.4 Å². The standard InChI is InChI=1S/C19H22ClNO2.ClH/c1-4-10-23-19-17(20)11-15(12-18(19)22-3)13-21-14(2)16-8-6-5-7-9-16;/h4-9,11-12,14,21H,1,10,13H2,2-3H3;1H. The highest BCUT2D eigenvalue weighted by Crippen LogP contribution is 2.36. The minimum absolute atomic E-state index is 0. The lowest BCUT2D eigenvalue weighted by Gasteiger charge is -2.16. The van der Waals surface area contributed by atoms with Gasteiger partial charge >= 0.3 is 0 Å². The van der Waals surface area contributed by atoms with Crippen LogP contribution in [0.4, 0.5) is 0 Å². The Balaban J connectivity index is 0.00000288. The van der Waals surface area contributed by atoms with Crippen LogP contribution in [0.1, 0.15) is 24.1 Å². The van der Waals surface area contributed by atoms with Gasteiger partial charge < -0.3 is 14.8 Å². The van der Waals surface area contributed by atoms with Crippen molar-refractivity contribution in [1.29, 1.82) is 0 Å². The van der Waals surface area contributed by atoms with Gasteiger partial charge in [-0.2, -0.15) is 0 Å². The molecule has 0 amide bonds. The summed E-state index contributed by atoms with van der Waals surface area (Å²) in [6.45, 7) is 6.85. The van der Waals surface area contributed by atoms with Gasteiger partial charge in [0.25, 0.3) is 0 Å². The Morgan fingerprint density at radius 1 is 1.25 bits per heavy atom. The van der Waals surface area contributed by atoms with Crippen molar-refractivity contribution in [2.75, 3.05) is 13.7 Å². The van der Waals surface area contributed by atoms with Gasteiger partial charge in [-0.1, -0.05) is 54.6 Å². The number of nitrogens with one attached hydrogen (secondary N) is 1. The van der Waals surface area contributed by atoms with Crippen molar-refractivity contribution in [1.82, 2.24) is 5.32 Å². The number of methoxy groups -OCH3 is 1. The van der Waals surface area contributed by atoms with Crippen LogP contribution in [-0.4, -0.2) is 13.7 Å². The molecule has 0 spiro atoms. The van der Waals surface area contributed by atoms with Crippen LogP contribution in [0.3, 0.4) is 0 Å². The van der Waals surface area contributed by atoms with Gasteiger partial charge in [0.15, 0.2) is 11.5 Å². The number of rotatable bonds is 8. The van der Waals surface area contributed by atoms with E-state index >= 15 is 0 Å². The van der Waals surface area contributed by atoms with Crippen LogP contribution in [0.15, 0.2) is 55.1 Å². The van der Waals surface area contributed by atoms with Crippen molar-refractivity contribution in [3.8, 4) is 11.5 Å². The number of benzene rings is 2. The van der Waals surface area contributed by atoms with E-state index in [1.54, 1.807) is 13.2 Å². The van der Waals surface area contributed by atoms with Crippen LogP contribution < -0.4 is 14.8 Å². The summed E-state index contributed by atoms with van der Waals surface area (Å²) in [4.78, 5) is 0. The molecule has 0 aliphatic heterocycles. The lowest BCUT2D eigenvalue weighted by Crippen LogP contribution is -2.18. The quantitative estimate of drug-likeness (QED) is 0.651. The fourth-order valence-corrected chi connectivity index (χ4v) is 2.58. The van der Waals surface area contributed by atoms with E-state index in [-0.39, 0.29) is 18.4 Å². The third kappa shape index (κ3) is 5.45. The molecule has 130 valence electrons. The summed E-state index contributed by atoms with van der Waals surface area (Å²) < 4.78 is 10.9. The molecule has 0 aliphatic rings. The zero-order valence-electron chi connectivity index (χ0n) is 13.9. The highest BCUT2D eigenvalue weighted by atomic mass is 35.5. The lowest BCUT2D eigenvalue weighted by atomic mass is 10.1. The maximum absolute atomic E-state index is 6.31. The second kappa shape index (κ2) is 10.2. The first-order valence-corrected chi connectivity index (χ1v) is 7.92. The number of ether oxygens (including phenoxy) is 2. The summed E-state index contributed by atoms with van der Waals surface area (Å²) in [6.07, 6.45) is 1.67. The maximum Gasteiger partial charge on any atom is 0.180 e. The van der Waals surface area contributed by atoms with E-state index in [0.29, 0.717) is 29.7 Å². The normalized spacial score (nSPS) is 11.3. The van der Waals surface area contributed by atoms with E-state index in [2.05, 4.69) is 31.0 Å². The Hall–Kier alpha value is -1.68. The summed E-state index contributed by atoms with van der Waals surface area (Å²) in [5.41, 5.74) is 2.29. The molecule has 2 aromatic carbocycles. The minimum Gasteiger partial charge on any atom is -0.493 e. The average molecular weight is 368 g/mol. The molecule has 0 aromatic heterocycles. The number of hydrogen-bond acceptors (Lipinski definition) is 3. The summed E-state index contributed by atoms with van der Waals surface area (Å²) in [7, 11) is 1.61. The molecule has 0 bridgehead atoms. The van der Waals surface area contributed by atoms with Crippen LogP contribution in [-0.2, 0) is 6.54 Å². The summed E-state index contributed by atoms with van der Waals surface area (Å²) in [6, 6.07) is 14.4. The second-order valence-electron chi connectivity index (χ2n) is 5.22. The molecule has 1 atom stereocenters. The van der Waals surface area contributed by atoms with Gasteiger partial charge in [0.2, 0.25) is 0 Å². The maximum atomic E-state index is 6.31. The monoisotopic (exact) mass is 367 g/mol. The van der Waals surface area contributed by atoms with Crippen LogP contribution in [0.2, 0.25) is 5.02 Å². The van der Waals surface area contributed by atoms with E-state index in [4.69, 9.17) is 21.1 Å². The van der Waals surface area contributed by atoms with Crippen molar-refractivity contribution in [3.05, 3.63) is 71.3 Å². The third-order valence-corrected chi connectivity index (χ3v) is 3.83. The molecule has 0 heterocycles. The molecule has 0 saturated heterocycles. The summed E-state index contributed by atoms with van der Waals surface area (Å²) in [5, 5.41) is 4.02. The molecule has 3 nitrogen and oxygen atoms in total. The van der Waals surface area contributed by atoms with Gasteiger partial charge in [-0.05, 0) is 30.2 Å². The molecule has 1 unspecified atom stereocenters. The van der Waals surface area contributed by atoms with Crippen LogP contribution in [0.5, 0.6) is 11.5 Å². The van der Waals surface area contributed by atoms with E-state index in [9.17, 15) is 0 Å². The minimum atomic E-state index is 0. The zero-order valence-corrected chi connectivity index (χ0v) is 15.5. The van der Waals surface area contributed by atoms with Crippen LogP contribution in [0.25, 0.3) is 0 Å². The van der Waals surface area contributed by atoms with E-state index in [1.165, 1.54) is 5.56 Å². The van der Waals surface area contributed by atoms with E-state index in [0.717, 1.165) is 5.56 Å². The molecule has 0 aliphatic carbocycles. The van der Waals surface area contributed by atoms with Crippen molar-refractivity contribution in [2.45, 2.75) is 19.5 Å². The second-order valence-corrected chi connectivity index (χ2v) is 5.63. The molecule has 24 heavy (non-hydrogen) atoms. The van der Waals surface area contributed by atoms with Gasteiger partial charge in [-0.25, -0.2) is 0 Å². The van der Waals surface area contributed by atoms with Crippen molar-refractivity contribution in [3.63, 3.8) is 0 Å². The Morgan fingerprint density at radius 2 is 1.96 bits per heavy atom. The van der Waals surface area contributed by atoms with Crippen LogP contribution >= 0.6 is 24.0 Å². The molecule has 0 radical (unpaired) electrons. The fraction of sp³-hybridized carbons (Fsp3) is 0.263. The van der Waals surface area contributed by atoms with E-state index in [1.807, 2.05) is 30.3 Å². The number of halogens is 2. The summed E-state index contributed by atoms with van der Waals surface area (Å²) >= 11 is 6.31. The molecular weight excluding hydrogens is 345 g/mol. The molecule has 5 heteroatoms. The summed E-state index contributed by atoms with van der Waals surface area (Å²) in [5.74, 6) is 1.18. The zero-order chi connectivity index (χ0) is 16.7. The Labute approximate surface area is 155 Å². The Kier molecular flexibility index (Phi) is 8.69. The molecular formula is C19H23Cl2NO2. The fourth-order valence-electron chi connectivity index (χ4n) is 2.29. The van der Waals surface area contributed by atoms with Gasteiger partial charge in [0.1, 0.15) is 6.61 Å². The van der Waals surface area contributed by atoms with Gasteiger partial charge in [-0.3, -0.25) is 0 Å². The third-order valence-electron chi connectivity index (χ3n) is 3.55. The molecule has 2 aromatic rings.